The minimum atomic E-state index is -0.154. The third kappa shape index (κ3) is 3.57. The summed E-state index contributed by atoms with van der Waals surface area (Å²) in [5.41, 5.74) is 1.10. The Morgan fingerprint density at radius 2 is 2.50 bits per heavy atom. The molecule has 1 saturated heterocycles. The molecule has 0 aliphatic carbocycles. The molecule has 0 unspecified atom stereocenters. The number of piperidine rings is 1. The van der Waals surface area contributed by atoms with Gasteiger partial charge in [-0.1, -0.05) is 6.92 Å². The number of aromatic nitrogens is 2. The zero-order chi connectivity index (χ0) is 15.4. The fraction of sp³-hybridized carbons (Fsp3) is 0.500. The first-order chi connectivity index (χ1) is 10.7. The standard InChI is InChI=1S/C16H22N4O2/c1-12-4-2-7-20(11-12)8-6-17-16(21)14-10-13(18-19-14)15-5-3-9-22-15/h3,5,9-10,12H,2,4,6-8,11H2,1H3,(H,17,21)(H,18,19)/t12-/m1/s1. The van der Waals surface area contributed by atoms with Crippen molar-refractivity contribution in [3.8, 4) is 11.5 Å². The molecule has 1 aliphatic rings. The SMILES string of the molecule is C[C@@H]1CCCN(CCNC(=O)c2cc(-c3ccco3)[nH]n2)C1. The van der Waals surface area contributed by atoms with E-state index in [1.165, 1.54) is 12.8 Å². The number of likely N-dealkylation sites (tertiary alicyclic amines) is 1. The number of aromatic amines is 1. The average molecular weight is 302 g/mol. The van der Waals surface area contributed by atoms with Gasteiger partial charge in [0.2, 0.25) is 0 Å². The van der Waals surface area contributed by atoms with Gasteiger partial charge in [0.1, 0.15) is 5.69 Å². The molecule has 1 aliphatic heterocycles. The van der Waals surface area contributed by atoms with Crippen LogP contribution in [0.25, 0.3) is 11.5 Å². The Bertz CT molecular complexity index is 605. The largest absolute Gasteiger partial charge is 0.463 e. The van der Waals surface area contributed by atoms with E-state index < -0.39 is 0 Å². The van der Waals surface area contributed by atoms with Crippen LogP contribution in [0.15, 0.2) is 28.9 Å². The highest BCUT2D eigenvalue weighted by Crippen LogP contribution is 2.17. The quantitative estimate of drug-likeness (QED) is 0.887. The molecule has 0 radical (unpaired) electrons. The van der Waals surface area contributed by atoms with Crippen LogP contribution in [0, 0.1) is 5.92 Å². The molecule has 0 saturated carbocycles. The van der Waals surface area contributed by atoms with Gasteiger partial charge < -0.3 is 14.6 Å². The number of rotatable bonds is 5. The topological polar surface area (TPSA) is 74.2 Å². The number of hydrogen-bond acceptors (Lipinski definition) is 4. The van der Waals surface area contributed by atoms with E-state index in [0.29, 0.717) is 23.7 Å². The van der Waals surface area contributed by atoms with Crippen LogP contribution in [0.3, 0.4) is 0 Å². The molecule has 22 heavy (non-hydrogen) atoms. The van der Waals surface area contributed by atoms with Gasteiger partial charge in [-0.15, -0.1) is 0 Å². The average Bonchev–Trinajstić information content (AvgIpc) is 3.18. The van der Waals surface area contributed by atoms with E-state index in [-0.39, 0.29) is 5.91 Å². The van der Waals surface area contributed by atoms with E-state index in [1.807, 2.05) is 6.07 Å². The molecule has 2 aromatic heterocycles. The Hall–Kier alpha value is -2.08. The van der Waals surface area contributed by atoms with Crippen LogP contribution in [0.5, 0.6) is 0 Å². The highest BCUT2D eigenvalue weighted by molar-refractivity contribution is 5.93. The van der Waals surface area contributed by atoms with Gasteiger partial charge in [0.05, 0.1) is 6.26 Å². The van der Waals surface area contributed by atoms with Crippen LogP contribution in [0.4, 0.5) is 0 Å². The lowest BCUT2D eigenvalue weighted by Crippen LogP contribution is -2.40. The van der Waals surface area contributed by atoms with E-state index in [0.717, 1.165) is 25.6 Å². The number of nitrogens with zero attached hydrogens (tertiary/aromatic N) is 2. The number of carbonyl (C=O) groups is 1. The van der Waals surface area contributed by atoms with E-state index in [9.17, 15) is 4.79 Å². The molecule has 3 heterocycles. The van der Waals surface area contributed by atoms with E-state index in [1.54, 1.807) is 18.4 Å². The summed E-state index contributed by atoms with van der Waals surface area (Å²) in [4.78, 5) is 14.5. The zero-order valence-electron chi connectivity index (χ0n) is 12.8. The third-order valence-electron chi connectivity index (χ3n) is 4.05. The zero-order valence-corrected chi connectivity index (χ0v) is 12.8. The molecule has 118 valence electrons. The fourth-order valence-electron chi connectivity index (χ4n) is 2.90. The van der Waals surface area contributed by atoms with E-state index in [2.05, 4.69) is 27.3 Å². The molecular weight excluding hydrogens is 280 g/mol. The van der Waals surface area contributed by atoms with Gasteiger partial charge in [0.25, 0.3) is 5.91 Å². The summed E-state index contributed by atoms with van der Waals surface area (Å²) >= 11 is 0. The van der Waals surface area contributed by atoms with Crippen molar-refractivity contribution < 1.29 is 9.21 Å². The van der Waals surface area contributed by atoms with Gasteiger partial charge in [-0.05, 0) is 37.4 Å². The van der Waals surface area contributed by atoms with Crippen molar-refractivity contribution in [3.05, 3.63) is 30.2 Å². The molecule has 1 fully saturated rings. The van der Waals surface area contributed by atoms with Crippen molar-refractivity contribution in [1.29, 1.82) is 0 Å². The number of furan rings is 1. The van der Waals surface area contributed by atoms with Crippen LogP contribution in [-0.2, 0) is 0 Å². The number of hydrogen-bond donors (Lipinski definition) is 2. The predicted octanol–water partition coefficient (Wildman–Crippen LogP) is 2.13. The molecular formula is C16H22N4O2. The second-order valence-electron chi connectivity index (χ2n) is 5.95. The highest BCUT2D eigenvalue weighted by Gasteiger charge is 2.16. The number of carbonyl (C=O) groups excluding carboxylic acids is 1. The Morgan fingerprint density at radius 3 is 3.27 bits per heavy atom. The molecule has 0 spiro atoms. The van der Waals surface area contributed by atoms with Crippen molar-refractivity contribution >= 4 is 5.91 Å². The number of nitrogens with one attached hydrogen (secondary N) is 2. The molecule has 6 heteroatoms. The summed E-state index contributed by atoms with van der Waals surface area (Å²) in [6.45, 7) is 6.08. The Labute approximate surface area is 129 Å². The lowest BCUT2D eigenvalue weighted by molar-refractivity contribution is 0.0939. The summed E-state index contributed by atoms with van der Waals surface area (Å²) in [5, 5.41) is 9.78. The Balaban J connectivity index is 1.48. The second-order valence-corrected chi connectivity index (χ2v) is 5.95. The first-order valence-electron chi connectivity index (χ1n) is 7.82. The molecule has 1 amide bonds. The summed E-state index contributed by atoms with van der Waals surface area (Å²) in [6, 6.07) is 5.33. The normalized spacial score (nSPS) is 19.2. The van der Waals surface area contributed by atoms with Gasteiger partial charge >= 0.3 is 0 Å². The maximum absolute atomic E-state index is 12.1. The molecule has 1 atom stereocenters. The fourth-order valence-corrected chi connectivity index (χ4v) is 2.90. The summed E-state index contributed by atoms with van der Waals surface area (Å²) < 4.78 is 5.27. The minimum absolute atomic E-state index is 0.154. The van der Waals surface area contributed by atoms with E-state index in [4.69, 9.17) is 4.42 Å². The lowest BCUT2D eigenvalue weighted by atomic mass is 10.0. The van der Waals surface area contributed by atoms with Crippen LogP contribution in [0.1, 0.15) is 30.3 Å². The van der Waals surface area contributed by atoms with Crippen molar-refractivity contribution in [2.24, 2.45) is 5.92 Å². The molecule has 2 N–H and O–H groups in total. The van der Waals surface area contributed by atoms with Crippen LogP contribution in [-0.4, -0.2) is 47.2 Å². The van der Waals surface area contributed by atoms with Gasteiger partial charge in [0, 0.05) is 25.7 Å². The molecule has 6 nitrogen and oxygen atoms in total. The third-order valence-corrected chi connectivity index (χ3v) is 4.05. The predicted molar refractivity (Wildman–Crippen MR) is 83.5 cm³/mol. The summed E-state index contributed by atoms with van der Waals surface area (Å²) in [5.74, 6) is 1.28. The minimum Gasteiger partial charge on any atom is -0.463 e. The molecule has 0 aromatic carbocycles. The van der Waals surface area contributed by atoms with Crippen LogP contribution in [0.2, 0.25) is 0 Å². The molecule has 3 rings (SSSR count). The molecule has 0 bridgehead atoms. The maximum Gasteiger partial charge on any atom is 0.271 e. The van der Waals surface area contributed by atoms with Gasteiger partial charge in [0.15, 0.2) is 11.5 Å². The second kappa shape index (κ2) is 6.79. The monoisotopic (exact) mass is 302 g/mol. The van der Waals surface area contributed by atoms with Crippen molar-refractivity contribution in [2.45, 2.75) is 19.8 Å². The van der Waals surface area contributed by atoms with Gasteiger partial charge in [-0.3, -0.25) is 9.89 Å². The summed E-state index contributed by atoms with van der Waals surface area (Å²) in [6.07, 6.45) is 4.15. The smallest absolute Gasteiger partial charge is 0.271 e. The first-order valence-corrected chi connectivity index (χ1v) is 7.82. The van der Waals surface area contributed by atoms with Gasteiger partial charge in [-0.25, -0.2) is 0 Å². The van der Waals surface area contributed by atoms with E-state index >= 15 is 0 Å². The van der Waals surface area contributed by atoms with Crippen molar-refractivity contribution in [2.75, 3.05) is 26.2 Å². The highest BCUT2D eigenvalue weighted by atomic mass is 16.3. The summed E-state index contributed by atoms with van der Waals surface area (Å²) in [7, 11) is 0. The van der Waals surface area contributed by atoms with Gasteiger partial charge in [-0.2, -0.15) is 5.10 Å². The lowest BCUT2D eigenvalue weighted by Gasteiger charge is -2.30. The van der Waals surface area contributed by atoms with Crippen LogP contribution < -0.4 is 5.32 Å². The van der Waals surface area contributed by atoms with Crippen molar-refractivity contribution in [3.63, 3.8) is 0 Å². The first kappa shape index (κ1) is 14.8. The Kier molecular flexibility index (Phi) is 4.58. The van der Waals surface area contributed by atoms with Crippen molar-refractivity contribution in [1.82, 2.24) is 20.4 Å². The molecule has 2 aromatic rings. The van der Waals surface area contributed by atoms with Crippen LogP contribution >= 0.6 is 0 Å². The number of H-pyrrole nitrogens is 1. The maximum atomic E-state index is 12.1. The number of amides is 1. The Morgan fingerprint density at radius 1 is 1.59 bits per heavy atom.